The number of carbonyl (C=O) groups excluding carboxylic acids is 1. The number of aromatic nitrogens is 3. The summed E-state index contributed by atoms with van der Waals surface area (Å²) in [4.78, 5) is 17.0. The zero-order chi connectivity index (χ0) is 20.8. The van der Waals surface area contributed by atoms with E-state index in [1.165, 1.54) is 34.2 Å². The Morgan fingerprint density at radius 3 is 2.66 bits per heavy atom. The number of amides is 1. The fourth-order valence-corrected chi connectivity index (χ4v) is 4.72. The summed E-state index contributed by atoms with van der Waals surface area (Å²) in [5, 5.41) is 7.40. The largest absolute Gasteiger partial charge is 0.306 e. The van der Waals surface area contributed by atoms with Crippen LogP contribution in [-0.2, 0) is 9.84 Å². The van der Waals surface area contributed by atoms with Gasteiger partial charge in [-0.3, -0.25) is 4.79 Å². The Bertz CT molecular complexity index is 1360. The second kappa shape index (κ2) is 7.05. The standard InChI is InChI=1S/C19H15FN4O3S2/c1-11-10-16(21-18(25)12-6-3-4-9-15(12)29(2,26)27)24(23-11)19-22-17-13(20)7-5-8-14(17)28-19/h3-10H,1-2H3,(H,21,25). The number of nitrogens with one attached hydrogen (secondary N) is 1. The predicted octanol–water partition coefficient (Wildman–Crippen LogP) is 3.59. The van der Waals surface area contributed by atoms with Crippen LogP contribution in [0.2, 0.25) is 0 Å². The van der Waals surface area contributed by atoms with E-state index in [1.54, 1.807) is 37.3 Å². The molecule has 1 N–H and O–H groups in total. The summed E-state index contributed by atoms with van der Waals surface area (Å²) in [5.41, 5.74) is 0.854. The summed E-state index contributed by atoms with van der Waals surface area (Å²) in [6.45, 7) is 1.74. The number of aryl methyl sites for hydroxylation is 1. The quantitative estimate of drug-likeness (QED) is 0.534. The van der Waals surface area contributed by atoms with Gasteiger partial charge in [0, 0.05) is 12.3 Å². The average molecular weight is 430 g/mol. The number of carbonyl (C=O) groups is 1. The van der Waals surface area contributed by atoms with Crippen LogP contribution < -0.4 is 5.32 Å². The number of anilines is 1. The highest BCUT2D eigenvalue weighted by Crippen LogP contribution is 2.29. The maximum Gasteiger partial charge on any atom is 0.258 e. The van der Waals surface area contributed by atoms with Crippen molar-refractivity contribution in [1.29, 1.82) is 0 Å². The molecule has 4 aromatic rings. The van der Waals surface area contributed by atoms with Gasteiger partial charge in [-0.1, -0.05) is 29.5 Å². The average Bonchev–Trinajstić information content (AvgIpc) is 3.25. The van der Waals surface area contributed by atoms with Crippen molar-refractivity contribution >= 4 is 43.1 Å². The lowest BCUT2D eigenvalue weighted by Crippen LogP contribution is -2.18. The molecular weight excluding hydrogens is 415 g/mol. The van der Waals surface area contributed by atoms with Crippen molar-refractivity contribution in [2.45, 2.75) is 11.8 Å². The second-order valence-electron chi connectivity index (χ2n) is 6.39. The molecular formula is C19H15FN4O3S2. The summed E-state index contributed by atoms with van der Waals surface area (Å²) >= 11 is 1.22. The summed E-state index contributed by atoms with van der Waals surface area (Å²) in [5.74, 6) is -0.740. The number of halogens is 1. The Balaban J connectivity index is 1.75. The summed E-state index contributed by atoms with van der Waals surface area (Å²) < 4.78 is 40.0. The van der Waals surface area contributed by atoms with Gasteiger partial charge in [0.25, 0.3) is 5.91 Å². The van der Waals surface area contributed by atoms with Gasteiger partial charge in [0.2, 0.25) is 5.13 Å². The van der Waals surface area contributed by atoms with Gasteiger partial charge in [-0.2, -0.15) is 9.78 Å². The zero-order valence-corrected chi connectivity index (χ0v) is 17.0. The zero-order valence-electron chi connectivity index (χ0n) is 15.4. The van der Waals surface area contributed by atoms with Crippen molar-refractivity contribution < 1.29 is 17.6 Å². The van der Waals surface area contributed by atoms with Gasteiger partial charge in [-0.05, 0) is 31.2 Å². The molecule has 0 spiro atoms. The van der Waals surface area contributed by atoms with Crippen molar-refractivity contribution in [3.63, 3.8) is 0 Å². The van der Waals surface area contributed by atoms with Gasteiger partial charge < -0.3 is 5.32 Å². The highest BCUT2D eigenvalue weighted by Gasteiger charge is 2.21. The number of sulfone groups is 1. The van der Waals surface area contributed by atoms with E-state index in [2.05, 4.69) is 15.4 Å². The minimum Gasteiger partial charge on any atom is -0.306 e. The molecule has 2 aromatic heterocycles. The Hall–Kier alpha value is -3.11. The number of benzene rings is 2. The van der Waals surface area contributed by atoms with Crippen LogP contribution in [0.5, 0.6) is 0 Å². The molecule has 7 nitrogen and oxygen atoms in total. The minimum absolute atomic E-state index is 0.0238. The SMILES string of the molecule is Cc1cc(NC(=O)c2ccccc2S(C)(=O)=O)n(-c2nc3c(F)cccc3s2)n1. The summed E-state index contributed by atoms with van der Waals surface area (Å²) in [6, 6.07) is 12.2. The molecule has 0 saturated heterocycles. The van der Waals surface area contributed by atoms with Crippen molar-refractivity contribution in [2.24, 2.45) is 0 Å². The third-order valence-corrected chi connectivity index (χ3v) is 6.30. The van der Waals surface area contributed by atoms with Gasteiger partial charge in [-0.15, -0.1) is 0 Å². The second-order valence-corrected chi connectivity index (χ2v) is 9.38. The van der Waals surface area contributed by atoms with Gasteiger partial charge in [0.1, 0.15) is 17.2 Å². The van der Waals surface area contributed by atoms with Crippen LogP contribution in [0, 0.1) is 12.7 Å². The molecule has 10 heteroatoms. The first-order chi connectivity index (χ1) is 13.7. The smallest absolute Gasteiger partial charge is 0.258 e. The molecule has 2 aromatic carbocycles. The number of fused-ring (bicyclic) bond motifs is 1. The highest BCUT2D eigenvalue weighted by molar-refractivity contribution is 7.90. The predicted molar refractivity (Wildman–Crippen MR) is 109 cm³/mol. The normalized spacial score (nSPS) is 11.7. The van der Waals surface area contributed by atoms with Crippen LogP contribution in [-0.4, -0.2) is 35.3 Å². The lowest BCUT2D eigenvalue weighted by molar-refractivity contribution is 0.102. The monoisotopic (exact) mass is 430 g/mol. The first kappa shape index (κ1) is 19.2. The summed E-state index contributed by atoms with van der Waals surface area (Å²) in [6.07, 6.45) is 1.04. The Morgan fingerprint density at radius 2 is 1.93 bits per heavy atom. The molecule has 29 heavy (non-hydrogen) atoms. The van der Waals surface area contributed by atoms with Crippen LogP contribution >= 0.6 is 11.3 Å². The molecule has 0 bridgehead atoms. The molecule has 0 aliphatic rings. The van der Waals surface area contributed by atoms with E-state index in [0.717, 1.165) is 6.26 Å². The molecule has 2 heterocycles. The number of para-hydroxylation sites is 1. The fraction of sp³-hybridized carbons (Fsp3) is 0.105. The molecule has 0 saturated carbocycles. The van der Waals surface area contributed by atoms with Crippen molar-refractivity contribution in [1.82, 2.24) is 14.8 Å². The number of hydrogen-bond acceptors (Lipinski definition) is 6. The van der Waals surface area contributed by atoms with Crippen molar-refractivity contribution in [2.75, 3.05) is 11.6 Å². The van der Waals surface area contributed by atoms with Crippen LogP contribution in [0.15, 0.2) is 53.4 Å². The lowest BCUT2D eigenvalue weighted by Gasteiger charge is -2.09. The van der Waals surface area contributed by atoms with Crippen molar-refractivity contribution in [3.05, 3.63) is 65.6 Å². The first-order valence-corrected chi connectivity index (χ1v) is 11.2. The highest BCUT2D eigenvalue weighted by atomic mass is 32.2. The molecule has 4 rings (SSSR count). The van der Waals surface area contributed by atoms with Crippen LogP contribution in [0.3, 0.4) is 0 Å². The number of rotatable bonds is 4. The minimum atomic E-state index is -3.59. The number of thiazole rings is 1. The lowest BCUT2D eigenvalue weighted by atomic mass is 10.2. The maximum atomic E-state index is 14.0. The molecule has 0 fully saturated rings. The van der Waals surface area contributed by atoms with Crippen molar-refractivity contribution in [3.8, 4) is 5.13 Å². The molecule has 0 aliphatic carbocycles. The Labute approximate surface area is 169 Å². The third-order valence-electron chi connectivity index (χ3n) is 4.14. The first-order valence-electron chi connectivity index (χ1n) is 8.46. The molecule has 0 aliphatic heterocycles. The third kappa shape index (κ3) is 3.64. The molecule has 0 atom stereocenters. The van der Waals surface area contributed by atoms with Gasteiger partial charge >= 0.3 is 0 Å². The number of hydrogen-bond donors (Lipinski definition) is 1. The van der Waals surface area contributed by atoms with E-state index < -0.39 is 21.6 Å². The molecule has 0 radical (unpaired) electrons. The van der Waals surface area contributed by atoms with Crippen LogP contribution in [0.4, 0.5) is 10.2 Å². The van der Waals surface area contributed by atoms with E-state index in [-0.39, 0.29) is 16.0 Å². The van der Waals surface area contributed by atoms with E-state index in [4.69, 9.17) is 0 Å². The molecule has 148 valence electrons. The Kier molecular flexibility index (Phi) is 4.67. The number of nitrogens with zero attached hydrogens (tertiary/aromatic N) is 3. The van der Waals surface area contributed by atoms with Gasteiger partial charge in [0.15, 0.2) is 9.84 Å². The molecule has 0 unspecified atom stereocenters. The fourth-order valence-electron chi connectivity index (χ4n) is 2.89. The van der Waals surface area contributed by atoms with E-state index >= 15 is 0 Å². The van der Waals surface area contributed by atoms with Crippen LogP contribution in [0.1, 0.15) is 16.1 Å². The Morgan fingerprint density at radius 1 is 1.17 bits per heavy atom. The molecule has 1 amide bonds. The van der Waals surface area contributed by atoms with E-state index in [1.807, 2.05) is 0 Å². The maximum absolute atomic E-state index is 14.0. The topological polar surface area (TPSA) is 94.0 Å². The van der Waals surface area contributed by atoms with Gasteiger partial charge in [0.05, 0.1) is 20.9 Å². The summed E-state index contributed by atoms with van der Waals surface area (Å²) in [7, 11) is -3.59. The van der Waals surface area contributed by atoms with E-state index in [0.29, 0.717) is 21.3 Å². The van der Waals surface area contributed by atoms with Gasteiger partial charge in [-0.25, -0.2) is 17.8 Å². The van der Waals surface area contributed by atoms with Crippen LogP contribution in [0.25, 0.3) is 15.3 Å². The van der Waals surface area contributed by atoms with E-state index in [9.17, 15) is 17.6 Å².